The molecule has 0 fully saturated rings. The van der Waals surface area contributed by atoms with Gasteiger partial charge in [-0.15, -0.1) is 0 Å². The second-order valence-electron chi connectivity index (χ2n) is 2.47. The zero-order valence-corrected chi connectivity index (χ0v) is 6.88. The van der Waals surface area contributed by atoms with Crippen molar-refractivity contribution in [3.63, 3.8) is 0 Å². The van der Waals surface area contributed by atoms with Gasteiger partial charge < -0.3 is 0 Å². The fraction of sp³-hybridized carbons (Fsp3) is 1.00. The van der Waals surface area contributed by atoms with Crippen molar-refractivity contribution in [1.29, 1.82) is 4.78 Å². The number of hydrogen-bond donors (Lipinski definition) is 1. The van der Waals surface area contributed by atoms with Crippen LogP contribution < -0.4 is 0 Å². The molecular weight excluding hydrogens is 118 g/mol. The lowest BCUT2D eigenvalue weighted by atomic mass is 10.5. The number of rotatable bonds is 2. The van der Waals surface area contributed by atoms with Gasteiger partial charge in [0.2, 0.25) is 0 Å². The predicted octanol–water partition coefficient (Wildman–Crippen LogP) is 2.18. The van der Waals surface area contributed by atoms with Crippen LogP contribution in [0, 0.1) is 4.78 Å². The van der Waals surface area contributed by atoms with E-state index in [9.17, 15) is 0 Å². The monoisotopic (exact) mass is 133 g/mol. The van der Waals surface area contributed by atoms with Gasteiger partial charge in [-0.2, -0.15) is 0 Å². The lowest BCUT2D eigenvalue weighted by Crippen LogP contribution is -2.13. The highest BCUT2D eigenvalue weighted by atomic mass is 32.2. The molecule has 0 spiro atoms. The predicted molar refractivity (Wildman–Crippen MR) is 40.4 cm³/mol. The number of hydrogen-bond acceptors (Lipinski definition) is 1. The Morgan fingerprint density at radius 3 is 1.25 bits per heavy atom. The first-order valence-corrected chi connectivity index (χ1v) is 4.34. The molecule has 2 heteroatoms. The highest BCUT2D eigenvalue weighted by Gasteiger charge is 2.03. The van der Waals surface area contributed by atoms with E-state index in [2.05, 4.69) is 27.7 Å². The fourth-order valence-corrected chi connectivity index (χ4v) is 1.63. The van der Waals surface area contributed by atoms with Crippen LogP contribution in [0.2, 0.25) is 0 Å². The molecular formula is C6H15NS. The van der Waals surface area contributed by atoms with Crippen molar-refractivity contribution >= 4 is 10.7 Å². The zero-order valence-electron chi connectivity index (χ0n) is 6.06. The maximum atomic E-state index is 7.51. The van der Waals surface area contributed by atoms with Crippen molar-refractivity contribution in [2.75, 3.05) is 0 Å². The van der Waals surface area contributed by atoms with Gasteiger partial charge in [-0.05, 0) is 0 Å². The molecule has 50 valence electrons. The lowest BCUT2D eigenvalue weighted by Gasteiger charge is -2.11. The Morgan fingerprint density at radius 2 is 1.25 bits per heavy atom. The van der Waals surface area contributed by atoms with Crippen LogP contribution in [0.1, 0.15) is 27.7 Å². The van der Waals surface area contributed by atoms with E-state index in [0.717, 1.165) is 0 Å². The van der Waals surface area contributed by atoms with E-state index in [1.807, 2.05) is 0 Å². The SMILES string of the molecule is CC(C)S(=N)C(C)C. The van der Waals surface area contributed by atoms with E-state index in [1.165, 1.54) is 0 Å². The third-order valence-corrected chi connectivity index (χ3v) is 3.05. The molecule has 1 N–H and O–H groups in total. The summed E-state index contributed by atoms with van der Waals surface area (Å²) in [6, 6.07) is 0. The molecule has 0 amide bonds. The van der Waals surface area contributed by atoms with Crippen molar-refractivity contribution in [2.45, 2.75) is 38.2 Å². The number of nitrogens with one attached hydrogen (secondary N) is 1. The van der Waals surface area contributed by atoms with Gasteiger partial charge in [0.15, 0.2) is 0 Å². The van der Waals surface area contributed by atoms with Crippen molar-refractivity contribution in [3.8, 4) is 0 Å². The molecule has 0 unspecified atom stereocenters. The average Bonchev–Trinajstić information content (AvgIpc) is 1.64. The van der Waals surface area contributed by atoms with E-state index in [4.69, 9.17) is 4.78 Å². The smallest absolute Gasteiger partial charge is 0.00984 e. The van der Waals surface area contributed by atoms with Gasteiger partial charge in [0, 0.05) is 10.5 Å². The van der Waals surface area contributed by atoms with E-state index in [1.54, 1.807) is 0 Å². The first kappa shape index (κ1) is 8.15. The molecule has 0 aliphatic rings. The molecule has 0 aliphatic carbocycles. The van der Waals surface area contributed by atoms with Gasteiger partial charge in [0.1, 0.15) is 0 Å². The van der Waals surface area contributed by atoms with E-state index in [-0.39, 0.29) is 10.7 Å². The molecule has 0 aromatic rings. The van der Waals surface area contributed by atoms with Gasteiger partial charge in [0.25, 0.3) is 0 Å². The van der Waals surface area contributed by atoms with Crippen LogP contribution in [0.15, 0.2) is 0 Å². The molecule has 0 saturated carbocycles. The van der Waals surface area contributed by atoms with Crippen LogP contribution in [0.4, 0.5) is 0 Å². The second-order valence-corrected chi connectivity index (χ2v) is 5.10. The summed E-state index contributed by atoms with van der Waals surface area (Å²) in [5.74, 6) is 0. The molecule has 0 aromatic heterocycles. The first-order valence-electron chi connectivity index (χ1n) is 2.98. The van der Waals surface area contributed by atoms with Crippen LogP contribution in [-0.4, -0.2) is 10.5 Å². The maximum Gasteiger partial charge on any atom is 0.00984 e. The van der Waals surface area contributed by atoms with Crippen LogP contribution in [-0.2, 0) is 10.7 Å². The first-order chi connectivity index (χ1) is 3.55. The summed E-state index contributed by atoms with van der Waals surface area (Å²) in [7, 11) is -0.123. The van der Waals surface area contributed by atoms with Gasteiger partial charge in [-0.1, -0.05) is 38.4 Å². The van der Waals surface area contributed by atoms with E-state index >= 15 is 0 Å². The summed E-state index contributed by atoms with van der Waals surface area (Å²) in [4.78, 5) is 0. The van der Waals surface area contributed by atoms with Crippen molar-refractivity contribution in [1.82, 2.24) is 0 Å². The molecule has 0 bridgehead atoms. The molecule has 0 radical (unpaired) electrons. The van der Waals surface area contributed by atoms with Crippen molar-refractivity contribution in [3.05, 3.63) is 0 Å². The Labute approximate surface area is 54.4 Å². The van der Waals surface area contributed by atoms with E-state index in [0.29, 0.717) is 10.5 Å². The summed E-state index contributed by atoms with van der Waals surface area (Å²) < 4.78 is 7.51. The second kappa shape index (κ2) is 3.23. The molecule has 0 atom stereocenters. The molecule has 0 heterocycles. The Bertz CT molecular complexity index is 76.5. The van der Waals surface area contributed by atoms with Gasteiger partial charge in [0.05, 0.1) is 0 Å². The van der Waals surface area contributed by atoms with Gasteiger partial charge >= 0.3 is 0 Å². The van der Waals surface area contributed by atoms with Gasteiger partial charge in [-0.25, -0.2) is 0 Å². The average molecular weight is 133 g/mol. The normalized spacial score (nSPS) is 11.9. The minimum absolute atomic E-state index is 0.123. The van der Waals surface area contributed by atoms with Crippen LogP contribution in [0.25, 0.3) is 0 Å². The van der Waals surface area contributed by atoms with Crippen molar-refractivity contribution < 1.29 is 0 Å². The fourth-order valence-electron chi connectivity index (χ4n) is 0.544. The third-order valence-electron chi connectivity index (χ3n) is 1.02. The maximum absolute atomic E-state index is 7.51. The quantitative estimate of drug-likeness (QED) is 0.597. The zero-order chi connectivity index (χ0) is 6.73. The Morgan fingerprint density at radius 1 is 1.00 bits per heavy atom. The topological polar surface area (TPSA) is 23.9 Å². The molecule has 0 saturated heterocycles. The molecule has 0 rings (SSSR count). The molecule has 0 aliphatic heterocycles. The molecule has 8 heavy (non-hydrogen) atoms. The molecule has 1 nitrogen and oxygen atoms in total. The Kier molecular flexibility index (Phi) is 3.29. The summed E-state index contributed by atoms with van der Waals surface area (Å²) >= 11 is 0. The third kappa shape index (κ3) is 2.46. The van der Waals surface area contributed by atoms with Crippen LogP contribution >= 0.6 is 0 Å². The summed E-state index contributed by atoms with van der Waals surface area (Å²) in [5.41, 5.74) is 0. The highest BCUT2D eigenvalue weighted by Crippen LogP contribution is 2.01. The lowest BCUT2D eigenvalue weighted by molar-refractivity contribution is 1.03. The Hall–Kier alpha value is 0.150. The minimum atomic E-state index is -0.123. The standard InChI is InChI=1S/C6H15NS/c1-5(2)8(7)6(3)4/h5-7H,1-4H3. The van der Waals surface area contributed by atoms with Gasteiger partial charge in [-0.3, -0.25) is 4.78 Å². The minimum Gasteiger partial charge on any atom is -0.280 e. The largest absolute Gasteiger partial charge is 0.280 e. The van der Waals surface area contributed by atoms with Crippen molar-refractivity contribution in [2.24, 2.45) is 0 Å². The summed E-state index contributed by atoms with van der Waals surface area (Å²) in [6.45, 7) is 8.43. The summed E-state index contributed by atoms with van der Waals surface area (Å²) in [6.07, 6.45) is 0. The summed E-state index contributed by atoms with van der Waals surface area (Å²) in [5, 5.41) is 1.07. The molecule has 0 aromatic carbocycles. The Balaban J connectivity index is 3.65. The highest BCUT2D eigenvalue weighted by molar-refractivity contribution is 7.87. The van der Waals surface area contributed by atoms with Crippen LogP contribution in [0.5, 0.6) is 0 Å². The van der Waals surface area contributed by atoms with E-state index < -0.39 is 0 Å². The van der Waals surface area contributed by atoms with Crippen LogP contribution in [0.3, 0.4) is 0 Å².